The summed E-state index contributed by atoms with van der Waals surface area (Å²) in [6, 6.07) is 2.10. The predicted molar refractivity (Wildman–Crippen MR) is 69.8 cm³/mol. The lowest BCUT2D eigenvalue weighted by Gasteiger charge is -2.14. The maximum atomic E-state index is 12.0. The standard InChI is InChI=1S/C14H21NO3/c1-8(2)15-9(3)7-13(10(15)4)14(17)18-12(6)11(5)16/h7-8,12H,1-6H3/t12-/m0/s1. The van der Waals surface area contributed by atoms with E-state index in [9.17, 15) is 9.59 Å². The summed E-state index contributed by atoms with van der Waals surface area (Å²) in [5, 5.41) is 0. The van der Waals surface area contributed by atoms with E-state index in [-0.39, 0.29) is 11.8 Å². The first-order chi connectivity index (χ1) is 8.25. The molecule has 4 nitrogen and oxygen atoms in total. The van der Waals surface area contributed by atoms with Gasteiger partial charge in [-0.05, 0) is 47.6 Å². The number of carbonyl (C=O) groups is 2. The highest BCUT2D eigenvalue weighted by atomic mass is 16.5. The van der Waals surface area contributed by atoms with Gasteiger partial charge in [0.2, 0.25) is 0 Å². The highest BCUT2D eigenvalue weighted by Crippen LogP contribution is 2.21. The van der Waals surface area contributed by atoms with Gasteiger partial charge in [0.1, 0.15) is 0 Å². The van der Waals surface area contributed by atoms with Crippen LogP contribution >= 0.6 is 0 Å². The molecular formula is C14H21NO3. The molecule has 0 N–H and O–H groups in total. The number of carbonyl (C=O) groups excluding carboxylic acids is 2. The number of hydrogen-bond donors (Lipinski definition) is 0. The lowest BCUT2D eigenvalue weighted by Crippen LogP contribution is -2.22. The fourth-order valence-electron chi connectivity index (χ4n) is 2.09. The molecule has 4 heteroatoms. The lowest BCUT2D eigenvalue weighted by atomic mass is 10.2. The van der Waals surface area contributed by atoms with Crippen LogP contribution in [-0.2, 0) is 9.53 Å². The van der Waals surface area contributed by atoms with Crippen molar-refractivity contribution in [1.82, 2.24) is 4.57 Å². The first kappa shape index (κ1) is 14.5. The smallest absolute Gasteiger partial charge is 0.340 e. The molecule has 0 unspecified atom stereocenters. The van der Waals surface area contributed by atoms with E-state index in [0.717, 1.165) is 11.4 Å². The number of aryl methyl sites for hydroxylation is 1. The molecule has 18 heavy (non-hydrogen) atoms. The molecule has 0 aliphatic carbocycles. The van der Waals surface area contributed by atoms with Crippen LogP contribution < -0.4 is 0 Å². The van der Waals surface area contributed by atoms with Crippen LogP contribution in [0.1, 0.15) is 55.5 Å². The van der Waals surface area contributed by atoms with Gasteiger partial charge in [-0.25, -0.2) is 4.79 Å². The zero-order valence-corrected chi connectivity index (χ0v) is 11.9. The highest BCUT2D eigenvalue weighted by Gasteiger charge is 2.21. The number of rotatable bonds is 4. The van der Waals surface area contributed by atoms with E-state index in [1.165, 1.54) is 6.92 Å². The molecule has 1 heterocycles. The van der Waals surface area contributed by atoms with Gasteiger partial charge < -0.3 is 9.30 Å². The number of aromatic nitrogens is 1. The summed E-state index contributed by atoms with van der Waals surface area (Å²) in [5.74, 6) is -0.585. The van der Waals surface area contributed by atoms with Crippen molar-refractivity contribution >= 4 is 11.8 Å². The molecule has 1 atom stereocenters. The minimum Gasteiger partial charge on any atom is -0.451 e. The van der Waals surface area contributed by atoms with E-state index in [0.29, 0.717) is 5.56 Å². The van der Waals surface area contributed by atoms with Gasteiger partial charge in [-0.15, -0.1) is 0 Å². The Morgan fingerprint density at radius 3 is 2.17 bits per heavy atom. The minimum atomic E-state index is -0.695. The Kier molecular flexibility index (Phi) is 4.33. The summed E-state index contributed by atoms with van der Waals surface area (Å²) >= 11 is 0. The van der Waals surface area contributed by atoms with Crippen molar-refractivity contribution in [3.63, 3.8) is 0 Å². The second-order valence-electron chi connectivity index (χ2n) is 4.91. The molecule has 0 aromatic carbocycles. The molecule has 100 valence electrons. The fraction of sp³-hybridized carbons (Fsp3) is 0.571. The lowest BCUT2D eigenvalue weighted by molar-refractivity contribution is -0.124. The first-order valence-electron chi connectivity index (χ1n) is 6.15. The van der Waals surface area contributed by atoms with Crippen molar-refractivity contribution in [3.8, 4) is 0 Å². The Hall–Kier alpha value is -1.58. The summed E-state index contributed by atoms with van der Waals surface area (Å²) in [6.07, 6.45) is -0.695. The zero-order chi connectivity index (χ0) is 14.0. The Balaban J connectivity index is 3.01. The van der Waals surface area contributed by atoms with Gasteiger partial charge >= 0.3 is 5.97 Å². The number of esters is 1. The number of hydrogen-bond acceptors (Lipinski definition) is 3. The average molecular weight is 251 g/mol. The molecular weight excluding hydrogens is 230 g/mol. The molecule has 0 saturated carbocycles. The molecule has 1 rings (SSSR count). The Bertz CT molecular complexity index is 472. The molecule has 0 spiro atoms. The van der Waals surface area contributed by atoms with E-state index >= 15 is 0 Å². The van der Waals surface area contributed by atoms with Gasteiger partial charge in [0.15, 0.2) is 11.9 Å². The molecule has 0 amide bonds. The topological polar surface area (TPSA) is 48.3 Å². The van der Waals surface area contributed by atoms with Gasteiger partial charge in [-0.1, -0.05) is 0 Å². The molecule has 1 aromatic rings. The molecule has 0 saturated heterocycles. The summed E-state index contributed by atoms with van der Waals surface area (Å²) < 4.78 is 7.20. The molecule has 0 bridgehead atoms. The third-order valence-electron chi connectivity index (χ3n) is 3.08. The van der Waals surface area contributed by atoms with Gasteiger partial charge in [0, 0.05) is 17.4 Å². The Labute approximate surface area is 108 Å². The monoisotopic (exact) mass is 251 g/mol. The summed E-state index contributed by atoms with van der Waals surface area (Å²) in [5.41, 5.74) is 2.43. The number of ketones is 1. The van der Waals surface area contributed by atoms with Crippen molar-refractivity contribution in [1.29, 1.82) is 0 Å². The third-order valence-corrected chi connectivity index (χ3v) is 3.08. The fourth-order valence-corrected chi connectivity index (χ4v) is 2.09. The zero-order valence-electron chi connectivity index (χ0n) is 11.9. The molecule has 0 fully saturated rings. The van der Waals surface area contributed by atoms with E-state index in [1.807, 2.05) is 19.9 Å². The quantitative estimate of drug-likeness (QED) is 0.773. The minimum absolute atomic E-state index is 0.152. The Morgan fingerprint density at radius 1 is 1.22 bits per heavy atom. The molecule has 0 aliphatic heterocycles. The second-order valence-corrected chi connectivity index (χ2v) is 4.91. The molecule has 0 aliphatic rings. The Morgan fingerprint density at radius 2 is 1.78 bits per heavy atom. The van der Waals surface area contributed by atoms with E-state index in [2.05, 4.69) is 18.4 Å². The largest absolute Gasteiger partial charge is 0.451 e. The number of ether oxygens (including phenoxy) is 1. The van der Waals surface area contributed by atoms with Crippen LogP contribution in [0.15, 0.2) is 6.07 Å². The van der Waals surface area contributed by atoms with Crippen molar-refractivity contribution in [3.05, 3.63) is 23.0 Å². The van der Waals surface area contributed by atoms with Crippen molar-refractivity contribution in [2.45, 2.75) is 53.7 Å². The predicted octanol–water partition coefficient (Wildman–Crippen LogP) is 2.82. The summed E-state index contributed by atoms with van der Waals surface area (Å²) in [6.45, 7) is 11.0. The SMILES string of the molecule is CC(=O)[C@H](C)OC(=O)c1cc(C)n(C(C)C)c1C. The molecule has 0 radical (unpaired) electrons. The van der Waals surface area contributed by atoms with Crippen molar-refractivity contribution in [2.24, 2.45) is 0 Å². The van der Waals surface area contributed by atoms with E-state index < -0.39 is 12.1 Å². The van der Waals surface area contributed by atoms with Crippen LogP contribution in [0, 0.1) is 13.8 Å². The maximum Gasteiger partial charge on any atom is 0.340 e. The average Bonchev–Trinajstić information content (AvgIpc) is 2.53. The van der Waals surface area contributed by atoms with Crippen LogP contribution in [0.5, 0.6) is 0 Å². The van der Waals surface area contributed by atoms with Gasteiger partial charge in [0.05, 0.1) is 5.56 Å². The highest BCUT2D eigenvalue weighted by molar-refractivity contribution is 5.93. The van der Waals surface area contributed by atoms with Crippen molar-refractivity contribution in [2.75, 3.05) is 0 Å². The van der Waals surface area contributed by atoms with Crippen LogP contribution in [0.4, 0.5) is 0 Å². The number of Topliss-reactive ketones (excluding diaryl/α,β-unsaturated/α-hetero) is 1. The van der Waals surface area contributed by atoms with Crippen molar-refractivity contribution < 1.29 is 14.3 Å². The maximum absolute atomic E-state index is 12.0. The van der Waals surface area contributed by atoms with Gasteiger partial charge in [0.25, 0.3) is 0 Å². The van der Waals surface area contributed by atoms with E-state index in [4.69, 9.17) is 4.74 Å². The summed E-state index contributed by atoms with van der Waals surface area (Å²) in [4.78, 5) is 23.1. The van der Waals surface area contributed by atoms with Crippen LogP contribution in [-0.4, -0.2) is 22.4 Å². The first-order valence-corrected chi connectivity index (χ1v) is 6.15. The second kappa shape index (κ2) is 5.38. The van der Waals surface area contributed by atoms with Crippen LogP contribution in [0.2, 0.25) is 0 Å². The normalized spacial score (nSPS) is 12.6. The third kappa shape index (κ3) is 2.81. The summed E-state index contributed by atoms with van der Waals surface area (Å²) in [7, 11) is 0. The van der Waals surface area contributed by atoms with Crippen LogP contribution in [0.25, 0.3) is 0 Å². The molecule has 1 aromatic heterocycles. The number of nitrogens with zero attached hydrogens (tertiary/aromatic N) is 1. The van der Waals surface area contributed by atoms with E-state index in [1.54, 1.807) is 6.92 Å². The van der Waals surface area contributed by atoms with Crippen LogP contribution in [0.3, 0.4) is 0 Å². The van der Waals surface area contributed by atoms with Gasteiger partial charge in [-0.3, -0.25) is 4.79 Å². The van der Waals surface area contributed by atoms with Gasteiger partial charge in [-0.2, -0.15) is 0 Å².